The first-order chi connectivity index (χ1) is 8.26. The summed E-state index contributed by atoms with van der Waals surface area (Å²) in [5.41, 5.74) is 0. The third kappa shape index (κ3) is 18.6. The van der Waals surface area contributed by atoms with Crippen molar-refractivity contribution in [2.24, 2.45) is 5.92 Å². The van der Waals surface area contributed by atoms with Gasteiger partial charge in [-0.05, 0) is 5.92 Å². The van der Waals surface area contributed by atoms with Gasteiger partial charge in [-0.25, -0.2) is 0 Å². The van der Waals surface area contributed by atoms with Crippen molar-refractivity contribution in [2.75, 3.05) is 0 Å². The molecule has 1 fully saturated rings. The van der Waals surface area contributed by atoms with Crippen molar-refractivity contribution >= 4 is 0 Å². The fourth-order valence-corrected chi connectivity index (χ4v) is 1.97. The lowest BCUT2D eigenvalue weighted by Gasteiger charge is -2.20. The highest BCUT2D eigenvalue weighted by molar-refractivity contribution is 4.65. The van der Waals surface area contributed by atoms with Crippen molar-refractivity contribution in [2.45, 2.75) is 105 Å². The predicted octanol–water partition coefficient (Wildman–Crippen LogP) is 6.98. The van der Waals surface area contributed by atoms with Gasteiger partial charge in [0.05, 0.1) is 0 Å². The second-order valence-electron chi connectivity index (χ2n) is 5.35. The van der Waals surface area contributed by atoms with Crippen molar-refractivity contribution in [3.05, 3.63) is 0 Å². The lowest BCUT2D eigenvalue weighted by Crippen LogP contribution is -2.05. The van der Waals surface area contributed by atoms with Gasteiger partial charge in [-0.2, -0.15) is 0 Å². The topological polar surface area (TPSA) is 0 Å². The molecule has 0 aromatic heterocycles. The Morgan fingerprint density at radius 2 is 1.18 bits per heavy atom. The quantitative estimate of drug-likeness (QED) is 0.499. The molecule has 1 rings (SSSR count). The second kappa shape index (κ2) is 18.4. The van der Waals surface area contributed by atoms with Gasteiger partial charge >= 0.3 is 0 Å². The van der Waals surface area contributed by atoms with E-state index in [-0.39, 0.29) is 0 Å². The minimum atomic E-state index is 1.11. The van der Waals surface area contributed by atoms with Crippen LogP contribution in [0.2, 0.25) is 0 Å². The van der Waals surface area contributed by atoms with Crippen LogP contribution in [0.25, 0.3) is 0 Å². The average molecular weight is 242 g/mol. The molecule has 0 aromatic carbocycles. The van der Waals surface area contributed by atoms with Gasteiger partial charge in [-0.1, -0.05) is 105 Å². The first-order valence-electron chi connectivity index (χ1n) is 8.26. The van der Waals surface area contributed by atoms with Crippen LogP contribution >= 0.6 is 0 Å². The lowest BCUT2D eigenvalue weighted by molar-refractivity contribution is 0.331. The lowest BCUT2D eigenvalue weighted by atomic mass is 9.86. The molecule has 0 amide bonds. The number of hydrogen-bond acceptors (Lipinski definition) is 0. The average Bonchev–Trinajstić information content (AvgIpc) is 2.39. The van der Waals surface area contributed by atoms with Crippen molar-refractivity contribution in [3.63, 3.8) is 0 Å². The Balaban J connectivity index is 0. The van der Waals surface area contributed by atoms with E-state index in [4.69, 9.17) is 0 Å². The maximum atomic E-state index is 2.29. The summed E-state index contributed by atoms with van der Waals surface area (Å²) in [5, 5.41) is 0. The molecule has 1 saturated carbocycles. The highest BCUT2D eigenvalue weighted by atomic mass is 14.2. The van der Waals surface area contributed by atoms with Crippen LogP contribution in [0.15, 0.2) is 0 Å². The van der Waals surface area contributed by atoms with Crippen molar-refractivity contribution in [1.29, 1.82) is 0 Å². The molecule has 1 aliphatic rings. The largest absolute Gasteiger partial charge is 0.0656 e. The fourth-order valence-electron chi connectivity index (χ4n) is 1.97. The maximum absolute atomic E-state index is 2.29. The summed E-state index contributed by atoms with van der Waals surface area (Å²) in [6.45, 7) is 10.9. The Kier molecular flexibility index (Phi) is 20.9. The summed E-state index contributed by atoms with van der Waals surface area (Å²) in [7, 11) is 0. The third-order valence-corrected chi connectivity index (χ3v) is 3.19. The molecule has 106 valence electrons. The Morgan fingerprint density at radius 1 is 0.706 bits per heavy atom. The standard InChI is InChI=1S/C10H20.C4H10.C3H8/c1-2-3-7-10-8-5-4-6-9-10;1-3-4-2;1-3-2/h10H,2-9H2,1H3;3-4H2,1-2H3;3H2,1-2H3. The second-order valence-corrected chi connectivity index (χ2v) is 5.35. The van der Waals surface area contributed by atoms with Crippen molar-refractivity contribution in [3.8, 4) is 0 Å². The maximum Gasteiger partial charge on any atom is -0.0414 e. The summed E-state index contributed by atoms with van der Waals surface area (Å²) >= 11 is 0. The summed E-state index contributed by atoms with van der Waals surface area (Å²) < 4.78 is 0. The normalized spacial score (nSPS) is 15.4. The molecule has 0 unspecified atom stereocenters. The number of hydrogen-bond donors (Lipinski definition) is 0. The van der Waals surface area contributed by atoms with Crippen LogP contribution in [0.1, 0.15) is 105 Å². The van der Waals surface area contributed by atoms with E-state index in [0.717, 1.165) is 5.92 Å². The minimum Gasteiger partial charge on any atom is -0.0656 e. The molecule has 0 spiro atoms. The Labute approximate surface area is 112 Å². The van der Waals surface area contributed by atoms with Crippen molar-refractivity contribution in [1.82, 2.24) is 0 Å². The molecule has 0 aliphatic heterocycles. The molecular formula is C17H38. The van der Waals surface area contributed by atoms with Gasteiger partial charge in [0.15, 0.2) is 0 Å². The van der Waals surface area contributed by atoms with Crippen molar-refractivity contribution < 1.29 is 0 Å². The molecule has 17 heavy (non-hydrogen) atoms. The monoisotopic (exact) mass is 242 g/mol. The first-order valence-corrected chi connectivity index (χ1v) is 8.26. The third-order valence-electron chi connectivity index (χ3n) is 3.19. The number of unbranched alkanes of at least 4 members (excludes halogenated alkanes) is 2. The predicted molar refractivity (Wildman–Crippen MR) is 82.6 cm³/mol. The Hall–Kier alpha value is 0. The highest BCUT2D eigenvalue weighted by Gasteiger charge is 2.11. The molecule has 0 bridgehead atoms. The molecule has 0 N–H and O–H groups in total. The van der Waals surface area contributed by atoms with Gasteiger partial charge in [-0.3, -0.25) is 0 Å². The van der Waals surface area contributed by atoms with E-state index in [0.29, 0.717) is 0 Å². The van der Waals surface area contributed by atoms with E-state index in [1.54, 1.807) is 0 Å². The summed E-state index contributed by atoms with van der Waals surface area (Å²) in [6, 6.07) is 0. The van der Waals surface area contributed by atoms with Gasteiger partial charge < -0.3 is 0 Å². The zero-order valence-corrected chi connectivity index (χ0v) is 13.4. The molecule has 0 saturated heterocycles. The van der Waals surface area contributed by atoms with Gasteiger partial charge in [0, 0.05) is 0 Å². The van der Waals surface area contributed by atoms with Gasteiger partial charge in [0.25, 0.3) is 0 Å². The molecule has 0 aromatic rings. The van der Waals surface area contributed by atoms with Gasteiger partial charge in [0.2, 0.25) is 0 Å². The molecule has 0 radical (unpaired) electrons. The van der Waals surface area contributed by atoms with Gasteiger partial charge in [0.1, 0.15) is 0 Å². The van der Waals surface area contributed by atoms with E-state index in [1.807, 2.05) is 0 Å². The molecule has 0 heteroatoms. The molecule has 0 atom stereocenters. The van der Waals surface area contributed by atoms with E-state index in [1.165, 1.54) is 70.6 Å². The Morgan fingerprint density at radius 3 is 1.53 bits per heavy atom. The zero-order valence-electron chi connectivity index (χ0n) is 13.4. The van der Waals surface area contributed by atoms with Gasteiger partial charge in [-0.15, -0.1) is 0 Å². The van der Waals surface area contributed by atoms with E-state index in [2.05, 4.69) is 34.6 Å². The minimum absolute atomic E-state index is 1.11. The van der Waals surface area contributed by atoms with Crippen LogP contribution in [-0.2, 0) is 0 Å². The van der Waals surface area contributed by atoms with Crippen LogP contribution in [0.4, 0.5) is 0 Å². The Bertz CT molecular complexity index is 98.6. The summed E-state index contributed by atoms with van der Waals surface area (Å²) in [4.78, 5) is 0. The van der Waals surface area contributed by atoms with Crippen LogP contribution in [0.5, 0.6) is 0 Å². The highest BCUT2D eigenvalue weighted by Crippen LogP contribution is 2.27. The molecule has 0 nitrogen and oxygen atoms in total. The summed E-state index contributed by atoms with van der Waals surface area (Å²) in [6.07, 6.45) is 15.8. The molecular weight excluding hydrogens is 204 g/mol. The smallest absolute Gasteiger partial charge is 0.0414 e. The fraction of sp³-hybridized carbons (Fsp3) is 1.00. The van der Waals surface area contributed by atoms with Crippen LogP contribution in [-0.4, -0.2) is 0 Å². The first kappa shape index (κ1) is 19.3. The SMILES string of the molecule is CCC.CCCC.CCCCC1CCCCC1. The van der Waals surface area contributed by atoms with Crippen LogP contribution < -0.4 is 0 Å². The van der Waals surface area contributed by atoms with E-state index >= 15 is 0 Å². The van der Waals surface area contributed by atoms with Crippen LogP contribution in [0.3, 0.4) is 0 Å². The zero-order chi connectivity index (χ0) is 13.4. The van der Waals surface area contributed by atoms with Crippen LogP contribution in [0, 0.1) is 5.92 Å². The number of rotatable bonds is 4. The molecule has 1 aliphatic carbocycles. The molecule has 0 heterocycles. The summed E-state index contributed by atoms with van der Waals surface area (Å²) in [5.74, 6) is 1.11. The van der Waals surface area contributed by atoms with E-state index in [9.17, 15) is 0 Å². The van der Waals surface area contributed by atoms with E-state index < -0.39 is 0 Å².